The molecule has 0 aliphatic carbocycles. The van der Waals surface area contributed by atoms with E-state index in [-0.39, 0.29) is 76.6 Å². The second-order valence-electron chi connectivity index (χ2n) is 13.8. The SMILES string of the molecule is N#Cc1c(N)sc2c(F)ccc(-c3c(C(F)(F)F)cc4c(N5C[C@H]6CC[C@@](C=C(F)F)(C5)N6)nc(OCC56CCCN5C[C@H](F)C6)nc4c3F)c12. The van der Waals surface area contributed by atoms with Gasteiger partial charge in [0.15, 0.2) is 5.82 Å². The lowest BCUT2D eigenvalue weighted by Gasteiger charge is -2.40. The Morgan fingerprint density at radius 2 is 2.00 bits per heavy atom. The van der Waals surface area contributed by atoms with Gasteiger partial charge in [-0.3, -0.25) is 4.90 Å². The van der Waals surface area contributed by atoms with Crippen LogP contribution >= 0.6 is 11.3 Å². The molecule has 8 nitrogen and oxygen atoms in total. The molecule has 0 amide bonds. The minimum atomic E-state index is -5.17. The number of thiophene rings is 1. The van der Waals surface area contributed by atoms with Crippen molar-refractivity contribution in [1.29, 1.82) is 5.26 Å². The summed E-state index contributed by atoms with van der Waals surface area (Å²) in [5.74, 6) is -2.46. The average molecular weight is 736 g/mol. The fraction of sp³-hybridized carbons (Fsp3) is 0.441. The monoisotopic (exact) mass is 735 g/mol. The zero-order chi connectivity index (χ0) is 36.0. The molecule has 0 radical (unpaired) electrons. The van der Waals surface area contributed by atoms with Crippen LogP contribution in [0.1, 0.15) is 43.2 Å². The van der Waals surface area contributed by atoms with Crippen molar-refractivity contribution in [2.24, 2.45) is 0 Å². The van der Waals surface area contributed by atoms with E-state index >= 15 is 17.6 Å². The smallest absolute Gasteiger partial charge is 0.417 e. The maximum absolute atomic E-state index is 17.1. The van der Waals surface area contributed by atoms with E-state index in [1.54, 1.807) is 6.07 Å². The molecule has 1 unspecified atom stereocenters. The molecule has 4 fully saturated rings. The Bertz CT molecular complexity index is 2160. The molecule has 8 rings (SSSR count). The van der Waals surface area contributed by atoms with Crippen LogP contribution in [0.15, 0.2) is 30.4 Å². The minimum Gasteiger partial charge on any atom is -0.461 e. The van der Waals surface area contributed by atoms with Crippen molar-refractivity contribution in [3.8, 4) is 23.2 Å². The lowest BCUT2D eigenvalue weighted by Crippen LogP contribution is -2.59. The van der Waals surface area contributed by atoms with Crippen molar-refractivity contribution >= 4 is 43.1 Å². The fourth-order valence-electron chi connectivity index (χ4n) is 8.58. The number of nitriles is 1. The molecule has 2 bridgehead atoms. The number of hydrogen-bond acceptors (Lipinski definition) is 9. The van der Waals surface area contributed by atoms with Crippen LogP contribution in [0.25, 0.3) is 32.1 Å². The molecule has 268 valence electrons. The highest BCUT2D eigenvalue weighted by atomic mass is 32.1. The maximum atomic E-state index is 17.1. The Hall–Kier alpha value is -4.27. The summed E-state index contributed by atoms with van der Waals surface area (Å²) in [6, 6.07) is 3.60. The summed E-state index contributed by atoms with van der Waals surface area (Å²) >= 11 is 0.651. The highest BCUT2D eigenvalue weighted by Gasteiger charge is 2.50. The van der Waals surface area contributed by atoms with Gasteiger partial charge in [0, 0.05) is 54.5 Å². The zero-order valence-corrected chi connectivity index (χ0v) is 27.5. The van der Waals surface area contributed by atoms with Gasteiger partial charge in [-0.15, -0.1) is 11.3 Å². The Labute approximate surface area is 289 Å². The topological polar surface area (TPSA) is 103 Å². The number of halogens is 8. The summed E-state index contributed by atoms with van der Waals surface area (Å²) in [7, 11) is 0. The predicted octanol–water partition coefficient (Wildman–Crippen LogP) is 7.31. The predicted molar refractivity (Wildman–Crippen MR) is 174 cm³/mol. The van der Waals surface area contributed by atoms with E-state index in [0.717, 1.165) is 24.6 Å². The van der Waals surface area contributed by atoms with Gasteiger partial charge in [-0.25, -0.2) is 13.2 Å². The van der Waals surface area contributed by atoms with Crippen LogP contribution in [0.2, 0.25) is 0 Å². The number of ether oxygens (including phenoxy) is 1. The summed E-state index contributed by atoms with van der Waals surface area (Å²) in [5, 5.41) is 12.2. The third-order valence-corrected chi connectivity index (χ3v) is 11.7. The highest BCUT2D eigenvalue weighted by molar-refractivity contribution is 7.23. The van der Waals surface area contributed by atoms with E-state index in [2.05, 4.69) is 15.3 Å². The Balaban J connectivity index is 1.35. The van der Waals surface area contributed by atoms with Crippen molar-refractivity contribution in [3.63, 3.8) is 0 Å². The summed E-state index contributed by atoms with van der Waals surface area (Å²) in [5.41, 5.74) is 0.319. The molecule has 17 heteroatoms. The number of hydrogen-bond donors (Lipinski definition) is 2. The third-order valence-electron chi connectivity index (χ3n) is 10.7. The number of piperazine rings is 1. The number of aromatic nitrogens is 2. The summed E-state index contributed by atoms with van der Waals surface area (Å²) in [6.45, 7) is 0.822. The van der Waals surface area contributed by atoms with Crippen molar-refractivity contribution in [2.75, 3.05) is 43.4 Å². The number of benzene rings is 2. The first-order valence-corrected chi connectivity index (χ1v) is 17.1. The zero-order valence-electron chi connectivity index (χ0n) is 26.7. The second kappa shape index (κ2) is 11.9. The number of nitrogen functional groups attached to an aromatic ring is 1. The summed E-state index contributed by atoms with van der Waals surface area (Å²) in [4.78, 5) is 12.3. The van der Waals surface area contributed by atoms with Crippen LogP contribution in [-0.2, 0) is 6.18 Å². The number of nitrogens with one attached hydrogen (secondary N) is 1. The first-order valence-electron chi connectivity index (χ1n) is 16.3. The van der Waals surface area contributed by atoms with Gasteiger partial charge in [-0.05, 0) is 49.9 Å². The van der Waals surface area contributed by atoms with Crippen molar-refractivity contribution in [3.05, 3.63) is 53.1 Å². The number of anilines is 2. The van der Waals surface area contributed by atoms with Gasteiger partial charge in [0.1, 0.15) is 41.0 Å². The van der Waals surface area contributed by atoms with E-state index in [0.29, 0.717) is 43.2 Å². The van der Waals surface area contributed by atoms with Gasteiger partial charge >= 0.3 is 12.2 Å². The van der Waals surface area contributed by atoms with E-state index in [1.165, 1.54) is 4.90 Å². The van der Waals surface area contributed by atoms with E-state index in [4.69, 9.17) is 10.5 Å². The van der Waals surface area contributed by atoms with E-state index < -0.39 is 63.3 Å². The van der Waals surface area contributed by atoms with Gasteiger partial charge in [0.25, 0.3) is 6.08 Å². The Morgan fingerprint density at radius 3 is 2.75 bits per heavy atom. The van der Waals surface area contributed by atoms with Crippen LogP contribution in [0.5, 0.6) is 6.01 Å². The molecule has 6 heterocycles. The van der Waals surface area contributed by atoms with Gasteiger partial charge in [0.05, 0.1) is 26.9 Å². The Morgan fingerprint density at radius 1 is 1.20 bits per heavy atom. The number of fused-ring (bicyclic) bond motifs is 5. The molecular weight excluding hydrogens is 706 g/mol. The molecule has 4 atom stereocenters. The lowest BCUT2D eigenvalue weighted by molar-refractivity contribution is -0.137. The maximum Gasteiger partial charge on any atom is 0.417 e. The number of nitrogens with two attached hydrogens (primary N) is 1. The molecule has 4 saturated heterocycles. The molecular formula is C34H29F8N7OS. The van der Waals surface area contributed by atoms with Crippen molar-refractivity contribution < 1.29 is 39.9 Å². The van der Waals surface area contributed by atoms with E-state index in [1.807, 2.05) is 4.90 Å². The molecule has 4 aromatic rings. The Kier molecular flexibility index (Phi) is 7.89. The molecule has 4 aliphatic rings. The lowest BCUT2D eigenvalue weighted by atomic mass is 9.92. The normalized spacial score (nSPS) is 26.2. The van der Waals surface area contributed by atoms with Crippen LogP contribution in [0.3, 0.4) is 0 Å². The molecule has 0 spiro atoms. The average Bonchev–Trinajstić information content (AvgIpc) is 3.78. The van der Waals surface area contributed by atoms with Crippen LogP contribution in [-0.4, -0.2) is 70.9 Å². The quantitative estimate of drug-likeness (QED) is 0.199. The highest BCUT2D eigenvalue weighted by Crippen LogP contribution is 2.49. The first kappa shape index (κ1) is 33.9. The number of nitrogens with zero attached hydrogens (tertiary/aromatic N) is 5. The standard InChI is InChI=1S/C34H29F8N7OS/c35-16-9-33(5-1-7-49(33)12-16)15-50-31-45-27-19(30(46-31)48-13-17-4-6-32(14-48,47-17)10-23(37)38)8-21(34(40,41)42)25(26(27)39)18-2-3-22(36)28-24(18)20(11-43)29(44)51-28/h2-3,8,10,16-17,47H,1,4-7,9,12-15,44H2/t16-,17-,32-,33?/m1/s1. The van der Waals surface area contributed by atoms with Crippen molar-refractivity contribution in [2.45, 2.75) is 61.6 Å². The van der Waals surface area contributed by atoms with Crippen LogP contribution in [0, 0.1) is 23.0 Å². The van der Waals surface area contributed by atoms with Crippen LogP contribution in [0.4, 0.5) is 45.9 Å². The molecule has 4 aliphatic heterocycles. The number of rotatable bonds is 6. The summed E-state index contributed by atoms with van der Waals surface area (Å²) < 4.78 is 125. The van der Waals surface area contributed by atoms with Gasteiger partial charge in [-0.1, -0.05) is 6.07 Å². The number of alkyl halides is 4. The molecule has 0 saturated carbocycles. The van der Waals surface area contributed by atoms with E-state index in [9.17, 15) is 22.8 Å². The van der Waals surface area contributed by atoms with Crippen molar-refractivity contribution in [1.82, 2.24) is 20.2 Å². The van der Waals surface area contributed by atoms with Gasteiger partial charge < -0.3 is 20.7 Å². The first-order chi connectivity index (χ1) is 24.2. The molecule has 51 heavy (non-hydrogen) atoms. The minimum absolute atomic E-state index is 0.0737. The van der Waals surface area contributed by atoms with Crippen LogP contribution < -0.4 is 20.7 Å². The molecule has 2 aromatic carbocycles. The fourth-order valence-corrected chi connectivity index (χ4v) is 9.53. The summed E-state index contributed by atoms with van der Waals surface area (Å²) in [6.07, 6.45) is -5.00. The van der Waals surface area contributed by atoms with Gasteiger partial charge in [0.2, 0.25) is 0 Å². The second-order valence-corrected chi connectivity index (χ2v) is 14.9. The van der Waals surface area contributed by atoms with Gasteiger partial charge in [-0.2, -0.15) is 37.2 Å². The largest absolute Gasteiger partial charge is 0.461 e. The third kappa shape index (κ3) is 5.53. The molecule has 3 N–H and O–H groups in total. The molecule has 2 aromatic heterocycles.